The lowest BCUT2D eigenvalue weighted by molar-refractivity contribution is -0.137. The molecule has 0 saturated carbocycles. The summed E-state index contributed by atoms with van der Waals surface area (Å²) in [4.78, 5) is 17.8. The van der Waals surface area contributed by atoms with Gasteiger partial charge in [-0.05, 0) is 53.9 Å². The molecule has 0 aliphatic heterocycles. The predicted molar refractivity (Wildman–Crippen MR) is 135 cm³/mol. The van der Waals surface area contributed by atoms with Gasteiger partial charge in [-0.1, -0.05) is 72.3 Å². The summed E-state index contributed by atoms with van der Waals surface area (Å²) in [5, 5.41) is 6.06. The van der Waals surface area contributed by atoms with Gasteiger partial charge in [0.1, 0.15) is 5.54 Å². The van der Waals surface area contributed by atoms with E-state index in [2.05, 4.69) is 15.6 Å². The van der Waals surface area contributed by atoms with Crippen LogP contribution >= 0.6 is 11.6 Å². The van der Waals surface area contributed by atoms with Crippen molar-refractivity contribution < 1.29 is 18.0 Å². The van der Waals surface area contributed by atoms with Crippen LogP contribution in [-0.2, 0) is 18.1 Å². The van der Waals surface area contributed by atoms with E-state index in [-0.39, 0.29) is 12.0 Å². The number of carbonyl (C=O) groups is 1. The highest BCUT2D eigenvalue weighted by Crippen LogP contribution is 2.37. The van der Waals surface area contributed by atoms with E-state index in [0.717, 1.165) is 23.3 Å². The molecule has 0 spiro atoms. The Morgan fingerprint density at radius 2 is 1.58 bits per heavy atom. The van der Waals surface area contributed by atoms with Crippen molar-refractivity contribution in [1.29, 1.82) is 0 Å². The van der Waals surface area contributed by atoms with Crippen LogP contribution in [0, 0.1) is 6.92 Å². The quantitative estimate of drug-likeness (QED) is 0.285. The van der Waals surface area contributed by atoms with Crippen molar-refractivity contribution >= 4 is 23.3 Å². The third-order valence-corrected chi connectivity index (χ3v) is 6.37. The molecule has 4 rings (SSSR count). The zero-order valence-electron chi connectivity index (χ0n) is 19.3. The standard InChI is InChI=1S/C28H23ClF3N3O/c1-19-9-7-14-23(25(19)29)34-26(36)35-27(24-15-5-6-16-33-24,18-20-10-3-2-4-11-20)21-12-8-13-22(17-21)28(30,31)32/h2-17H,18H2,1H3,(H2,34,35,36). The van der Waals surface area contributed by atoms with E-state index in [1.807, 2.05) is 43.3 Å². The number of nitrogens with zero attached hydrogens (tertiary/aromatic N) is 1. The first-order valence-electron chi connectivity index (χ1n) is 11.2. The zero-order chi connectivity index (χ0) is 25.8. The fraction of sp³-hybridized carbons (Fsp3) is 0.143. The van der Waals surface area contributed by atoms with Gasteiger partial charge in [-0.25, -0.2) is 4.79 Å². The molecule has 0 saturated heterocycles. The molecule has 0 fully saturated rings. The van der Waals surface area contributed by atoms with Crippen LogP contribution in [0.15, 0.2) is 97.2 Å². The van der Waals surface area contributed by atoms with E-state index >= 15 is 0 Å². The minimum Gasteiger partial charge on any atom is -0.322 e. The van der Waals surface area contributed by atoms with Crippen molar-refractivity contribution in [2.75, 3.05) is 5.32 Å². The number of hydrogen-bond acceptors (Lipinski definition) is 2. The van der Waals surface area contributed by atoms with Crippen molar-refractivity contribution in [1.82, 2.24) is 10.3 Å². The normalized spacial score (nSPS) is 13.0. The van der Waals surface area contributed by atoms with E-state index < -0.39 is 23.3 Å². The second kappa shape index (κ2) is 10.4. The monoisotopic (exact) mass is 509 g/mol. The Morgan fingerprint density at radius 3 is 2.28 bits per heavy atom. The molecule has 1 unspecified atom stereocenters. The smallest absolute Gasteiger partial charge is 0.322 e. The van der Waals surface area contributed by atoms with Crippen LogP contribution in [0.5, 0.6) is 0 Å². The van der Waals surface area contributed by atoms with Gasteiger partial charge in [0, 0.05) is 12.6 Å². The maximum Gasteiger partial charge on any atom is 0.416 e. The number of rotatable bonds is 6. The summed E-state index contributed by atoms with van der Waals surface area (Å²) in [6.45, 7) is 1.81. The molecular formula is C28H23ClF3N3O. The highest BCUT2D eigenvalue weighted by molar-refractivity contribution is 6.34. The van der Waals surface area contributed by atoms with E-state index in [9.17, 15) is 18.0 Å². The SMILES string of the molecule is Cc1cccc(NC(=O)NC(Cc2ccccc2)(c2cccc(C(F)(F)F)c2)c2ccccn2)c1Cl. The first kappa shape index (κ1) is 25.3. The Hall–Kier alpha value is -3.84. The van der Waals surface area contributed by atoms with Gasteiger partial charge in [-0.3, -0.25) is 4.98 Å². The predicted octanol–water partition coefficient (Wildman–Crippen LogP) is 7.37. The Labute approximate surface area is 212 Å². The lowest BCUT2D eigenvalue weighted by Crippen LogP contribution is -2.50. The molecule has 1 aromatic heterocycles. The van der Waals surface area contributed by atoms with E-state index in [4.69, 9.17) is 11.6 Å². The number of urea groups is 1. The third-order valence-electron chi connectivity index (χ3n) is 5.86. The highest BCUT2D eigenvalue weighted by atomic mass is 35.5. The van der Waals surface area contributed by atoms with E-state index in [1.165, 1.54) is 6.07 Å². The minimum atomic E-state index is -4.56. The average molecular weight is 510 g/mol. The zero-order valence-corrected chi connectivity index (χ0v) is 20.1. The van der Waals surface area contributed by atoms with Gasteiger partial charge < -0.3 is 10.6 Å². The van der Waals surface area contributed by atoms with Gasteiger partial charge in [0.05, 0.1) is 22.0 Å². The Kier molecular flexibility index (Phi) is 7.31. The van der Waals surface area contributed by atoms with Crippen LogP contribution in [0.3, 0.4) is 0 Å². The molecule has 1 atom stereocenters. The number of benzene rings is 3. The molecular weight excluding hydrogens is 487 g/mol. The van der Waals surface area contributed by atoms with Crippen molar-refractivity contribution in [2.24, 2.45) is 0 Å². The summed E-state index contributed by atoms with van der Waals surface area (Å²) in [5.41, 5.74) is 0.334. The number of aromatic nitrogens is 1. The summed E-state index contributed by atoms with van der Waals surface area (Å²) in [6.07, 6.45) is -2.86. The van der Waals surface area contributed by atoms with Gasteiger partial charge in [-0.15, -0.1) is 0 Å². The summed E-state index contributed by atoms with van der Waals surface area (Å²) in [7, 11) is 0. The van der Waals surface area contributed by atoms with Crippen LogP contribution in [-0.4, -0.2) is 11.0 Å². The maximum atomic E-state index is 13.7. The lowest BCUT2D eigenvalue weighted by Gasteiger charge is -2.36. The molecule has 0 radical (unpaired) electrons. The number of carbonyl (C=O) groups excluding carboxylic acids is 1. The Morgan fingerprint density at radius 1 is 0.889 bits per heavy atom. The van der Waals surface area contributed by atoms with Gasteiger partial charge >= 0.3 is 12.2 Å². The van der Waals surface area contributed by atoms with Gasteiger partial charge in [0.25, 0.3) is 0 Å². The summed E-state index contributed by atoms with van der Waals surface area (Å²) < 4.78 is 41.1. The number of anilines is 1. The molecule has 2 amide bonds. The average Bonchev–Trinajstić information content (AvgIpc) is 2.87. The van der Waals surface area contributed by atoms with Gasteiger partial charge in [0.2, 0.25) is 0 Å². The van der Waals surface area contributed by atoms with Crippen LogP contribution < -0.4 is 10.6 Å². The largest absolute Gasteiger partial charge is 0.416 e. The Balaban J connectivity index is 1.86. The van der Waals surface area contributed by atoms with Gasteiger partial charge in [0.15, 0.2) is 0 Å². The molecule has 184 valence electrons. The first-order chi connectivity index (χ1) is 17.2. The summed E-state index contributed by atoms with van der Waals surface area (Å²) >= 11 is 6.36. The molecule has 2 N–H and O–H groups in total. The van der Waals surface area contributed by atoms with Crippen molar-refractivity contribution in [3.05, 3.63) is 130 Å². The number of amides is 2. The van der Waals surface area contributed by atoms with Crippen LogP contribution in [0.2, 0.25) is 5.02 Å². The summed E-state index contributed by atoms with van der Waals surface area (Å²) in [6, 6.07) is 23.8. The Bertz CT molecular complexity index is 1350. The second-order valence-electron chi connectivity index (χ2n) is 8.38. The third kappa shape index (κ3) is 5.52. The number of pyridine rings is 1. The molecule has 3 aromatic carbocycles. The molecule has 4 nitrogen and oxygen atoms in total. The fourth-order valence-corrected chi connectivity index (χ4v) is 4.26. The number of aryl methyl sites for hydroxylation is 1. The van der Waals surface area contributed by atoms with Crippen LogP contribution in [0.1, 0.15) is 27.9 Å². The van der Waals surface area contributed by atoms with Crippen molar-refractivity contribution in [3.8, 4) is 0 Å². The number of nitrogens with one attached hydrogen (secondary N) is 2. The van der Waals surface area contributed by atoms with Gasteiger partial charge in [-0.2, -0.15) is 13.2 Å². The molecule has 0 aliphatic carbocycles. The molecule has 36 heavy (non-hydrogen) atoms. The van der Waals surface area contributed by atoms with Crippen molar-refractivity contribution in [2.45, 2.75) is 25.1 Å². The van der Waals surface area contributed by atoms with E-state index in [1.54, 1.807) is 42.6 Å². The highest BCUT2D eigenvalue weighted by Gasteiger charge is 2.40. The lowest BCUT2D eigenvalue weighted by atomic mass is 9.80. The van der Waals surface area contributed by atoms with Crippen molar-refractivity contribution in [3.63, 3.8) is 0 Å². The fourth-order valence-electron chi connectivity index (χ4n) is 4.09. The first-order valence-corrected chi connectivity index (χ1v) is 11.5. The van der Waals surface area contributed by atoms with E-state index in [0.29, 0.717) is 16.4 Å². The number of alkyl halides is 3. The summed E-state index contributed by atoms with van der Waals surface area (Å²) in [5.74, 6) is 0. The molecule has 1 heterocycles. The molecule has 4 aromatic rings. The maximum absolute atomic E-state index is 13.7. The number of halogens is 4. The molecule has 8 heteroatoms. The van der Waals surface area contributed by atoms with Crippen LogP contribution in [0.25, 0.3) is 0 Å². The number of hydrogen-bond donors (Lipinski definition) is 2. The topological polar surface area (TPSA) is 54.0 Å². The minimum absolute atomic E-state index is 0.154. The molecule has 0 aliphatic rings. The van der Waals surface area contributed by atoms with Crippen LogP contribution in [0.4, 0.5) is 23.7 Å². The second-order valence-corrected chi connectivity index (χ2v) is 8.75. The molecule has 0 bridgehead atoms.